The highest BCUT2D eigenvalue weighted by Gasteiger charge is 2.07. The molecule has 5 heteroatoms. The molecule has 0 aliphatic carbocycles. The molecule has 108 valence electrons. The van der Waals surface area contributed by atoms with Gasteiger partial charge in [0, 0.05) is 32.7 Å². The molecule has 0 aliphatic rings. The smallest absolute Gasteiger partial charge is 0.253 e. The number of rotatable bonds is 6. The summed E-state index contributed by atoms with van der Waals surface area (Å²) >= 11 is 0. The number of carbonyl (C=O) groups is 1. The van der Waals surface area contributed by atoms with Crippen LogP contribution < -0.4 is 11.1 Å². The minimum Gasteiger partial charge on any atom is -0.370 e. The maximum absolute atomic E-state index is 11.9. The molecule has 0 aliphatic heterocycles. The fraction of sp³-hybridized carbons (Fsp3) is 0.333. The predicted molar refractivity (Wildman–Crippen MR) is 82.9 cm³/mol. The van der Waals surface area contributed by atoms with E-state index in [1.165, 1.54) is 0 Å². The number of guanidine groups is 1. The molecule has 0 aromatic heterocycles. The van der Waals surface area contributed by atoms with Crippen molar-refractivity contribution in [3.05, 3.63) is 48.0 Å². The van der Waals surface area contributed by atoms with Crippen LogP contribution in [0.1, 0.15) is 15.9 Å². The van der Waals surface area contributed by atoms with E-state index in [0.29, 0.717) is 24.6 Å². The zero-order valence-electron chi connectivity index (χ0n) is 12.1. The molecule has 20 heavy (non-hydrogen) atoms. The highest BCUT2D eigenvalue weighted by Crippen LogP contribution is 2.08. The lowest BCUT2D eigenvalue weighted by Crippen LogP contribution is -2.31. The lowest BCUT2D eigenvalue weighted by molar-refractivity contribution is 0.0827. The van der Waals surface area contributed by atoms with E-state index >= 15 is 0 Å². The molecule has 1 amide bonds. The summed E-state index contributed by atoms with van der Waals surface area (Å²) in [6.07, 6.45) is 2.46. The summed E-state index contributed by atoms with van der Waals surface area (Å²) in [5, 5.41) is 2.91. The SMILES string of the molecule is C=CCNC(N)=NCCc1cccc(C(=O)N(C)C)c1. The van der Waals surface area contributed by atoms with Gasteiger partial charge in [0.2, 0.25) is 0 Å². The Hall–Kier alpha value is -2.30. The monoisotopic (exact) mass is 274 g/mol. The lowest BCUT2D eigenvalue weighted by Gasteiger charge is -2.11. The Labute approximate surface area is 120 Å². The van der Waals surface area contributed by atoms with Crippen molar-refractivity contribution < 1.29 is 4.79 Å². The zero-order valence-corrected chi connectivity index (χ0v) is 12.1. The van der Waals surface area contributed by atoms with Crippen LogP contribution in [0.2, 0.25) is 0 Å². The summed E-state index contributed by atoms with van der Waals surface area (Å²) < 4.78 is 0. The summed E-state index contributed by atoms with van der Waals surface area (Å²) in [6, 6.07) is 7.57. The molecule has 3 N–H and O–H groups in total. The Morgan fingerprint density at radius 1 is 1.50 bits per heavy atom. The van der Waals surface area contributed by atoms with Crippen molar-refractivity contribution in [1.82, 2.24) is 10.2 Å². The molecule has 0 saturated carbocycles. The topological polar surface area (TPSA) is 70.7 Å². The Morgan fingerprint density at radius 2 is 2.25 bits per heavy atom. The second-order valence-electron chi connectivity index (χ2n) is 4.59. The molecule has 0 bridgehead atoms. The normalized spacial score (nSPS) is 11.0. The van der Waals surface area contributed by atoms with Crippen LogP contribution in [0.3, 0.4) is 0 Å². The predicted octanol–water partition coefficient (Wildman–Crippen LogP) is 1.02. The molecule has 0 radical (unpaired) electrons. The van der Waals surface area contributed by atoms with Gasteiger partial charge in [0.25, 0.3) is 5.91 Å². The van der Waals surface area contributed by atoms with Crippen molar-refractivity contribution >= 4 is 11.9 Å². The van der Waals surface area contributed by atoms with Gasteiger partial charge in [-0.1, -0.05) is 18.2 Å². The Balaban J connectivity index is 2.59. The van der Waals surface area contributed by atoms with Gasteiger partial charge in [-0.25, -0.2) is 0 Å². The maximum Gasteiger partial charge on any atom is 0.253 e. The number of carbonyl (C=O) groups excluding carboxylic acids is 1. The van der Waals surface area contributed by atoms with E-state index in [1.807, 2.05) is 24.3 Å². The number of nitrogens with two attached hydrogens (primary N) is 1. The van der Waals surface area contributed by atoms with Crippen LogP contribution in [0.5, 0.6) is 0 Å². The first-order valence-corrected chi connectivity index (χ1v) is 6.50. The van der Waals surface area contributed by atoms with Crippen molar-refractivity contribution in [3.63, 3.8) is 0 Å². The first-order valence-electron chi connectivity index (χ1n) is 6.50. The molecule has 0 unspecified atom stereocenters. The van der Waals surface area contributed by atoms with Gasteiger partial charge in [-0.2, -0.15) is 0 Å². The number of hydrogen-bond acceptors (Lipinski definition) is 2. The van der Waals surface area contributed by atoms with Crippen LogP contribution in [0.25, 0.3) is 0 Å². The van der Waals surface area contributed by atoms with E-state index in [-0.39, 0.29) is 5.91 Å². The van der Waals surface area contributed by atoms with Crippen molar-refractivity contribution in [2.45, 2.75) is 6.42 Å². The van der Waals surface area contributed by atoms with Crippen LogP contribution in [-0.2, 0) is 6.42 Å². The standard InChI is InChI=1S/C15H22N4O/c1-4-9-17-15(16)18-10-8-12-6-5-7-13(11-12)14(20)19(2)3/h4-7,11H,1,8-10H2,2-3H3,(H3,16,17,18). The van der Waals surface area contributed by atoms with Gasteiger partial charge >= 0.3 is 0 Å². The number of nitrogens with zero attached hydrogens (tertiary/aromatic N) is 2. The van der Waals surface area contributed by atoms with Crippen LogP contribution in [0.15, 0.2) is 41.9 Å². The number of amides is 1. The number of aliphatic imine (C=N–C) groups is 1. The molecular formula is C15H22N4O. The second kappa shape index (κ2) is 7.99. The van der Waals surface area contributed by atoms with Gasteiger partial charge in [0.1, 0.15) is 0 Å². The molecule has 0 fully saturated rings. The maximum atomic E-state index is 11.9. The number of benzene rings is 1. The third-order valence-electron chi connectivity index (χ3n) is 2.69. The van der Waals surface area contributed by atoms with E-state index < -0.39 is 0 Å². The molecule has 1 rings (SSSR count). The minimum atomic E-state index is 0.00233. The Bertz CT molecular complexity index is 494. The van der Waals surface area contributed by atoms with E-state index in [4.69, 9.17) is 5.73 Å². The van der Waals surface area contributed by atoms with Crippen molar-refractivity contribution in [1.29, 1.82) is 0 Å². The van der Waals surface area contributed by atoms with Crippen LogP contribution in [-0.4, -0.2) is 44.0 Å². The van der Waals surface area contributed by atoms with Crippen molar-refractivity contribution in [2.75, 3.05) is 27.2 Å². The molecule has 0 atom stereocenters. The molecule has 0 spiro atoms. The summed E-state index contributed by atoms with van der Waals surface area (Å²) in [4.78, 5) is 17.6. The molecule has 0 saturated heterocycles. The molecular weight excluding hydrogens is 252 g/mol. The van der Waals surface area contributed by atoms with Gasteiger partial charge in [0.05, 0.1) is 0 Å². The van der Waals surface area contributed by atoms with E-state index in [9.17, 15) is 4.79 Å². The summed E-state index contributed by atoms with van der Waals surface area (Å²) in [6.45, 7) is 4.77. The largest absolute Gasteiger partial charge is 0.370 e. The van der Waals surface area contributed by atoms with Crippen molar-refractivity contribution in [3.8, 4) is 0 Å². The first-order chi connectivity index (χ1) is 9.54. The van der Waals surface area contributed by atoms with Crippen LogP contribution >= 0.6 is 0 Å². The summed E-state index contributed by atoms with van der Waals surface area (Å²) in [5.74, 6) is 0.410. The van der Waals surface area contributed by atoms with Gasteiger partial charge in [-0.15, -0.1) is 6.58 Å². The summed E-state index contributed by atoms with van der Waals surface area (Å²) in [7, 11) is 3.48. The number of hydrogen-bond donors (Lipinski definition) is 2. The van der Waals surface area contributed by atoms with Gasteiger partial charge in [-0.05, 0) is 24.1 Å². The third kappa shape index (κ3) is 5.14. The quantitative estimate of drug-likeness (QED) is 0.462. The molecule has 5 nitrogen and oxygen atoms in total. The van der Waals surface area contributed by atoms with Crippen molar-refractivity contribution in [2.24, 2.45) is 10.7 Å². The molecule has 1 aromatic rings. The molecule has 0 heterocycles. The van der Waals surface area contributed by atoms with Gasteiger partial charge < -0.3 is 16.0 Å². The summed E-state index contributed by atoms with van der Waals surface area (Å²) in [5.41, 5.74) is 7.43. The highest BCUT2D eigenvalue weighted by molar-refractivity contribution is 5.94. The van der Waals surface area contributed by atoms with E-state index in [0.717, 1.165) is 12.0 Å². The minimum absolute atomic E-state index is 0.00233. The Morgan fingerprint density at radius 3 is 2.90 bits per heavy atom. The average Bonchev–Trinajstić information content (AvgIpc) is 2.44. The van der Waals surface area contributed by atoms with E-state index in [2.05, 4.69) is 16.9 Å². The van der Waals surface area contributed by atoms with E-state index in [1.54, 1.807) is 25.1 Å². The average molecular weight is 274 g/mol. The Kier molecular flexibility index (Phi) is 6.29. The molecule has 1 aromatic carbocycles. The third-order valence-corrected chi connectivity index (χ3v) is 2.69. The zero-order chi connectivity index (χ0) is 15.0. The van der Waals surface area contributed by atoms with Crippen LogP contribution in [0.4, 0.5) is 0 Å². The fourth-order valence-corrected chi connectivity index (χ4v) is 1.66. The van der Waals surface area contributed by atoms with Gasteiger partial charge in [0.15, 0.2) is 5.96 Å². The fourth-order valence-electron chi connectivity index (χ4n) is 1.66. The lowest BCUT2D eigenvalue weighted by atomic mass is 10.1. The van der Waals surface area contributed by atoms with Crippen LogP contribution in [0, 0.1) is 0 Å². The highest BCUT2D eigenvalue weighted by atomic mass is 16.2. The first kappa shape index (κ1) is 15.8. The van der Waals surface area contributed by atoms with Gasteiger partial charge in [-0.3, -0.25) is 9.79 Å². The second-order valence-corrected chi connectivity index (χ2v) is 4.59. The number of nitrogens with one attached hydrogen (secondary N) is 1.